The number of ether oxygens (including phenoxy) is 1. The van der Waals surface area contributed by atoms with E-state index in [0.29, 0.717) is 12.6 Å². The predicted molar refractivity (Wildman–Crippen MR) is 70.1 cm³/mol. The molecule has 1 saturated heterocycles. The van der Waals surface area contributed by atoms with Crippen molar-refractivity contribution in [3.63, 3.8) is 0 Å². The maximum Gasteiger partial charge on any atom is 0.0594 e. The largest absolute Gasteiger partial charge is 0.379 e. The summed E-state index contributed by atoms with van der Waals surface area (Å²) in [5.41, 5.74) is 8.69. The SMILES string of the molecule is Cc1ccccc1CC(CN)N1CCOCC1. The molecule has 0 radical (unpaired) electrons. The average Bonchev–Trinajstić information content (AvgIpc) is 2.39. The van der Waals surface area contributed by atoms with Crippen molar-refractivity contribution >= 4 is 0 Å². The summed E-state index contributed by atoms with van der Waals surface area (Å²) in [4.78, 5) is 2.45. The summed E-state index contributed by atoms with van der Waals surface area (Å²) in [5, 5.41) is 0. The smallest absolute Gasteiger partial charge is 0.0594 e. The van der Waals surface area contributed by atoms with Crippen molar-refractivity contribution in [2.45, 2.75) is 19.4 Å². The first-order chi connectivity index (χ1) is 8.31. The molecule has 1 atom stereocenters. The summed E-state index contributed by atoms with van der Waals surface area (Å²) in [6.07, 6.45) is 1.04. The van der Waals surface area contributed by atoms with Crippen LogP contribution in [0.4, 0.5) is 0 Å². The van der Waals surface area contributed by atoms with E-state index in [2.05, 4.69) is 36.1 Å². The Morgan fingerprint density at radius 3 is 2.65 bits per heavy atom. The van der Waals surface area contributed by atoms with Crippen LogP contribution in [0.5, 0.6) is 0 Å². The van der Waals surface area contributed by atoms with Crippen molar-refractivity contribution in [1.29, 1.82) is 0 Å². The molecule has 1 aliphatic heterocycles. The van der Waals surface area contributed by atoms with Gasteiger partial charge in [-0.15, -0.1) is 0 Å². The zero-order valence-electron chi connectivity index (χ0n) is 10.6. The molecule has 0 aliphatic carbocycles. The molecule has 17 heavy (non-hydrogen) atoms. The highest BCUT2D eigenvalue weighted by Crippen LogP contribution is 2.13. The number of morpholine rings is 1. The Balaban J connectivity index is 2.01. The molecule has 1 aromatic carbocycles. The molecular weight excluding hydrogens is 212 g/mol. The van der Waals surface area contributed by atoms with Gasteiger partial charge in [0.05, 0.1) is 13.2 Å². The van der Waals surface area contributed by atoms with Crippen molar-refractivity contribution in [1.82, 2.24) is 4.90 Å². The van der Waals surface area contributed by atoms with Crippen LogP contribution in [0.1, 0.15) is 11.1 Å². The number of rotatable bonds is 4. The van der Waals surface area contributed by atoms with Crippen LogP contribution >= 0.6 is 0 Å². The van der Waals surface area contributed by atoms with Gasteiger partial charge in [-0.05, 0) is 24.5 Å². The summed E-state index contributed by atoms with van der Waals surface area (Å²) in [6.45, 7) is 6.58. The topological polar surface area (TPSA) is 38.5 Å². The molecule has 0 amide bonds. The van der Waals surface area contributed by atoms with Crippen molar-refractivity contribution in [3.8, 4) is 0 Å². The molecule has 3 heteroatoms. The highest BCUT2D eigenvalue weighted by molar-refractivity contribution is 5.26. The lowest BCUT2D eigenvalue weighted by Gasteiger charge is -2.34. The first-order valence-electron chi connectivity index (χ1n) is 6.37. The van der Waals surface area contributed by atoms with E-state index in [-0.39, 0.29) is 0 Å². The lowest BCUT2D eigenvalue weighted by Crippen LogP contribution is -2.48. The van der Waals surface area contributed by atoms with E-state index in [4.69, 9.17) is 10.5 Å². The number of hydrogen-bond acceptors (Lipinski definition) is 3. The highest BCUT2D eigenvalue weighted by atomic mass is 16.5. The van der Waals surface area contributed by atoms with Gasteiger partial charge in [-0.25, -0.2) is 0 Å². The molecule has 0 bridgehead atoms. The van der Waals surface area contributed by atoms with Gasteiger partial charge in [0.2, 0.25) is 0 Å². The van der Waals surface area contributed by atoms with Gasteiger partial charge in [-0.3, -0.25) is 4.90 Å². The predicted octanol–water partition coefficient (Wildman–Crippen LogP) is 1.20. The number of benzene rings is 1. The molecule has 1 heterocycles. The Morgan fingerprint density at radius 1 is 1.29 bits per heavy atom. The van der Waals surface area contributed by atoms with Crippen molar-refractivity contribution < 1.29 is 4.74 Å². The van der Waals surface area contributed by atoms with Crippen LogP contribution in [-0.4, -0.2) is 43.8 Å². The van der Waals surface area contributed by atoms with Crippen LogP contribution < -0.4 is 5.73 Å². The van der Waals surface area contributed by atoms with Gasteiger partial charge in [0.15, 0.2) is 0 Å². The third kappa shape index (κ3) is 3.28. The average molecular weight is 234 g/mol. The van der Waals surface area contributed by atoms with E-state index in [0.717, 1.165) is 32.7 Å². The molecule has 2 rings (SSSR count). The van der Waals surface area contributed by atoms with Crippen molar-refractivity contribution in [2.75, 3.05) is 32.8 Å². The monoisotopic (exact) mass is 234 g/mol. The molecule has 0 aromatic heterocycles. The molecule has 3 nitrogen and oxygen atoms in total. The Kier molecular flexibility index (Phi) is 4.54. The van der Waals surface area contributed by atoms with E-state index < -0.39 is 0 Å². The number of hydrogen-bond donors (Lipinski definition) is 1. The summed E-state index contributed by atoms with van der Waals surface area (Å²) < 4.78 is 5.39. The second-order valence-corrected chi connectivity index (χ2v) is 4.67. The van der Waals surface area contributed by atoms with E-state index >= 15 is 0 Å². The van der Waals surface area contributed by atoms with Crippen LogP contribution in [-0.2, 0) is 11.2 Å². The lowest BCUT2D eigenvalue weighted by atomic mass is 10.00. The minimum Gasteiger partial charge on any atom is -0.379 e. The first-order valence-corrected chi connectivity index (χ1v) is 6.37. The van der Waals surface area contributed by atoms with E-state index in [9.17, 15) is 0 Å². The first kappa shape index (κ1) is 12.6. The fraction of sp³-hybridized carbons (Fsp3) is 0.571. The second kappa shape index (κ2) is 6.15. The summed E-state index contributed by atoms with van der Waals surface area (Å²) >= 11 is 0. The van der Waals surface area contributed by atoms with Crippen molar-refractivity contribution in [2.24, 2.45) is 5.73 Å². The van der Waals surface area contributed by atoms with Crippen molar-refractivity contribution in [3.05, 3.63) is 35.4 Å². The summed E-state index contributed by atoms with van der Waals surface area (Å²) in [6, 6.07) is 9.01. The molecule has 1 fully saturated rings. The van der Waals surface area contributed by atoms with Crippen LogP contribution in [0.15, 0.2) is 24.3 Å². The second-order valence-electron chi connectivity index (χ2n) is 4.67. The minimum absolute atomic E-state index is 0.444. The zero-order valence-corrected chi connectivity index (χ0v) is 10.6. The normalized spacial score (nSPS) is 19.2. The number of nitrogens with two attached hydrogens (primary N) is 1. The molecule has 2 N–H and O–H groups in total. The van der Waals surface area contributed by atoms with Gasteiger partial charge in [-0.2, -0.15) is 0 Å². The molecule has 94 valence electrons. The molecule has 0 saturated carbocycles. The molecule has 1 aliphatic rings. The van der Waals surface area contributed by atoms with Gasteiger partial charge >= 0.3 is 0 Å². The van der Waals surface area contributed by atoms with Crippen LogP contribution in [0, 0.1) is 6.92 Å². The quantitative estimate of drug-likeness (QED) is 0.850. The number of aryl methyl sites for hydroxylation is 1. The minimum atomic E-state index is 0.444. The summed E-state index contributed by atoms with van der Waals surface area (Å²) in [7, 11) is 0. The zero-order chi connectivity index (χ0) is 12.1. The van der Waals surface area contributed by atoms with E-state index in [1.807, 2.05) is 0 Å². The Labute approximate surface area is 104 Å². The summed E-state index contributed by atoms with van der Waals surface area (Å²) in [5.74, 6) is 0. The Morgan fingerprint density at radius 2 is 2.00 bits per heavy atom. The van der Waals surface area contributed by atoms with Gasteiger partial charge in [0, 0.05) is 25.7 Å². The van der Waals surface area contributed by atoms with Gasteiger partial charge < -0.3 is 10.5 Å². The third-order valence-electron chi connectivity index (χ3n) is 3.55. The third-order valence-corrected chi connectivity index (χ3v) is 3.55. The number of nitrogens with zero attached hydrogens (tertiary/aromatic N) is 1. The van der Waals surface area contributed by atoms with E-state index in [1.54, 1.807) is 0 Å². The van der Waals surface area contributed by atoms with E-state index in [1.165, 1.54) is 11.1 Å². The van der Waals surface area contributed by atoms with Crippen LogP contribution in [0.2, 0.25) is 0 Å². The molecule has 1 unspecified atom stereocenters. The fourth-order valence-corrected chi connectivity index (χ4v) is 2.40. The Hall–Kier alpha value is -0.900. The highest BCUT2D eigenvalue weighted by Gasteiger charge is 2.20. The van der Waals surface area contributed by atoms with Gasteiger partial charge in [0.25, 0.3) is 0 Å². The molecular formula is C14H22N2O. The fourth-order valence-electron chi connectivity index (χ4n) is 2.40. The van der Waals surface area contributed by atoms with Gasteiger partial charge in [-0.1, -0.05) is 24.3 Å². The van der Waals surface area contributed by atoms with Gasteiger partial charge in [0.1, 0.15) is 0 Å². The molecule has 0 spiro atoms. The maximum atomic E-state index is 5.92. The van der Waals surface area contributed by atoms with Crippen LogP contribution in [0.3, 0.4) is 0 Å². The maximum absolute atomic E-state index is 5.92. The standard InChI is InChI=1S/C14H22N2O/c1-12-4-2-3-5-13(12)10-14(11-15)16-6-8-17-9-7-16/h2-5,14H,6-11,15H2,1H3. The lowest BCUT2D eigenvalue weighted by molar-refractivity contribution is 0.0184. The van der Waals surface area contributed by atoms with Crippen LogP contribution in [0.25, 0.3) is 0 Å². The Bertz CT molecular complexity index is 348. The molecule has 1 aromatic rings.